The van der Waals surface area contributed by atoms with Gasteiger partial charge in [-0.25, -0.2) is 0 Å². The number of aromatic nitrogens is 2. The molecule has 0 saturated carbocycles. The maximum absolute atomic E-state index is 12.5. The van der Waals surface area contributed by atoms with Crippen LogP contribution in [0.5, 0.6) is 5.75 Å². The Hall–Kier alpha value is -2.06. The molecule has 0 unspecified atom stereocenters. The molecule has 0 radical (unpaired) electrons. The van der Waals surface area contributed by atoms with E-state index >= 15 is 0 Å². The number of rotatable bonds is 5. The van der Waals surface area contributed by atoms with Gasteiger partial charge in [0.15, 0.2) is 0 Å². The predicted molar refractivity (Wildman–Crippen MR) is 80.8 cm³/mol. The Morgan fingerprint density at radius 2 is 2.04 bits per heavy atom. The number of hydrogen-bond donors (Lipinski definition) is 2. The van der Waals surface area contributed by atoms with Gasteiger partial charge in [-0.2, -0.15) is 18.3 Å². The predicted octanol–water partition coefficient (Wildman–Crippen LogP) is 2.71. The van der Waals surface area contributed by atoms with Crippen molar-refractivity contribution in [3.8, 4) is 5.75 Å². The fourth-order valence-electron chi connectivity index (χ4n) is 2.45. The van der Waals surface area contributed by atoms with Crippen LogP contribution in [0.25, 0.3) is 0 Å². The van der Waals surface area contributed by atoms with Crippen molar-refractivity contribution in [3.05, 3.63) is 47.3 Å². The lowest BCUT2D eigenvalue weighted by atomic mass is 10.2. The Bertz CT molecular complexity index is 649. The van der Waals surface area contributed by atoms with Crippen molar-refractivity contribution < 1.29 is 22.6 Å². The molecule has 3 rings (SSSR count). The number of hydrogen-bond acceptors (Lipinski definition) is 4. The first-order chi connectivity index (χ1) is 11.5. The molecule has 0 bridgehead atoms. The Balaban J connectivity index is 1.49. The van der Waals surface area contributed by atoms with Crippen molar-refractivity contribution in [1.29, 1.82) is 0 Å². The van der Waals surface area contributed by atoms with E-state index in [1.165, 1.54) is 12.1 Å². The van der Waals surface area contributed by atoms with Gasteiger partial charge in [0.05, 0.1) is 24.5 Å². The van der Waals surface area contributed by atoms with E-state index in [1.807, 2.05) is 6.07 Å². The molecule has 1 aromatic carbocycles. The Kier molecular flexibility index (Phi) is 5.06. The van der Waals surface area contributed by atoms with Crippen molar-refractivity contribution in [3.63, 3.8) is 0 Å². The van der Waals surface area contributed by atoms with E-state index < -0.39 is 11.7 Å². The normalized spacial score (nSPS) is 18.5. The van der Waals surface area contributed by atoms with Gasteiger partial charge in [-0.1, -0.05) is 0 Å². The summed E-state index contributed by atoms with van der Waals surface area (Å²) in [6.45, 7) is 2.57. The maximum atomic E-state index is 12.5. The number of nitrogens with zero attached hydrogens (tertiary/aromatic N) is 1. The largest absolute Gasteiger partial charge is 0.493 e. The highest BCUT2D eigenvalue weighted by Gasteiger charge is 2.30. The molecule has 0 spiro atoms. The first-order valence-electron chi connectivity index (χ1n) is 7.69. The molecular formula is C16H18F3N3O2. The molecule has 5 nitrogen and oxygen atoms in total. The zero-order chi connectivity index (χ0) is 17.0. The lowest BCUT2D eigenvalue weighted by molar-refractivity contribution is -0.137. The zero-order valence-corrected chi connectivity index (χ0v) is 12.9. The smallest absolute Gasteiger partial charge is 0.416 e. The van der Waals surface area contributed by atoms with Gasteiger partial charge in [-0.3, -0.25) is 5.10 Å². The molecule has 8 heteroatoms. The molecule has 2 aromatic rings. The molecule has 1 fully saturated rings. The molecule has 1 saturated heterocycles. The van der Waals surface area contributed by atoms with Gasteiger partial charge < -0.3 is 14.8 Å². The minimum Gasteiger partial charge on any atom is -0.493 e. The molecule has 1 aliphatic heterocycles. The van der Waals surface area contributed by atoms with Crippen LogP contribution in [0, 0.1) is 0 Å². The quantitative estimate of drug-likeness (QED) is 0.878. The number of aromatic amines is 1. The third-order valence-corrected chi connectivity index (χ3v) is 3.73. The van der Waals surface area contributed by atoms with Gasteiger partial charge >= 0.3 is 6.18 Å². The van der Waals surface area contributed by atoms with Crippen molar-refractivity contribution in [1.82, 2.24) is 15.5 Å². The third-order valence-electron chi connectivity index (χ3n) is 3.73. The second-order valence-electron chi connectivity index (χ2n) is 5.50. The van der Waals surface area contributed by atoms with E-state index in [0.717, 1.165) is 36.6 Å². The summed E-state index contributed by atoms with van der Waals surface area (Å²) < 4.78 is 48.5. The van der Waals surface area contributed by atoms with E-state index in [0.29, 0.717) is 25.4 Å². The summed E-state index contributed by atoms with van der Waals surface area (Å²) in [6.07, 6.45) is -3.81. The number of nitrogens with one attached hydrogen (secondary N) is 2. The molecule has 0 aliphatic carbocycles. The Morgan fingerprint density at radius 3 is 2.71 bits per heavy atom. The van der Waals surface area contributed by atoms with Crippen LogP contribution in [0.2, 0.25) is 0 Å². The summed E-state index contributed by atoms with van der Waals surface area (Å²) in [5.74, 6) is 0.405. The van der Waals surface area contributed by atoms with Crippen LogP contribution in [-0.2, 0) is 17.3 Å². The van der Waals surface area contributed by atoms with Crippen LogP contribution in [0.1, 0.15) is 23.1 Å². The third kappa shape index (κ3) is 4.27. The molecule has 1 atom stereocenters. The van der Waals surface area contributed by atoms with E-state index in [4.69, 9.17) is 9.47 Å². The van der Waals surface area contributed by atoms with Gasteiger partial charge in [0.25, 0.3) is 0 Å². The minimum atomic E-state index is -4.33. The Labute approximate surface area is 137 Å². The van der Waals surface area contributed by atoms with E-state index in [2.05, 4.69) is 15.5 Å². The second-order valence-corrected chi connectivity index (χ2v) is 5.50. The molecule has 130 valence electrons. The summed E-state index contributed by atoms with van der Waals surface area (Å²) in [6, 6.07) is 6.59. The van der Waals surface area contributed by atoms with Crippen molar-refractivity contribution >= 4 is 0 Å². The lowest BCUT2D eigenvalue weighted by Gasteiger charge is -2.21. The molecule has 0 amide bonds. The molecule has 1 aromatic heterocycles. The van der Waals surface area contributed by atoms with Gasteiger partial charge in [-0.15, -0.1) is 0 Å². The summed E-state index contributed by atoms with van der Waals surface area (Å²) in [7, 11) is 0. The average molecular weight is 341 g/mol. The van der Waals surface area contributed by atoms with Crippen molar-refractivity contribution in [2.75, 3.05) is 26.3 Å². The van der Waals surface area contributed by atoms with Gasteiger partial charge in [0, 0.05) is 25.2 Å². The highest BCUT2D eigenvalue weighted by atomic mass is 19.4. The summed E-state index contributed by atoms with van der Waals surface area (Å²) in [4.78, 5) is 0. The molecule has 2 heterocycles. The topological polar surface area (TPSA) is 59.2 Å². The van der Waals surface area contributed by atoms with Crippen LogP contribution in [0.3, 0.4) is 0 Å². The monoisotopic (exact) mass is 341 g/mol. The number of ether oxygens (including phenoxy) is 2. The fraction of sp³-hybridized carbons (Fsp3) is 0.438. The van der Waals surface area contributed by atoms with Crippen LogP contribution >= 0.6 is 0 Å². The fourth-order valence-corrected chi connectivity index (χ4v) is 2.45. The van der Waals surface area contributed by atoms with Crippen molar-refractivity contribution in [2.24, 2.45) is 0 Å². The van der Waals surface area contributed by atoms with Crippen LogP contribution in [0.4, 0.5) is 13.2 Å². The average Bonchev–Trinajstić information content (AvgIpc) is 3.04. The van der Waals surface area contributed by atoms with E-state index in [9.17, 15) is 13.2 Å². The highest BCUT2D eigenvalue weighted by Crippen LogP contribution is 2.30. The van der Waals surface area contributed by atoms with E-state index in [1.54, 1.807) is 0 Å². The number of benzene rings is 1. The number of morpholine rings is 1. The maximum Gasteiger partial charge on any atom is 0.416 e. The van der Waals surface area contributed by atoms with Gasteiger partial charge in [-0.05, 0) is 30.3 Å². The van der Waals surface area contributed by atoms with Crippen molar-refractivity contribution in [2.45, 2.75) is 18.7 Å². The van der Waals surface area contributed by atoms with Gasteiger partial charge in [0.1, 0.15) is 11.9 Å². The van der Waals surface area contributed by atoms with Crippen LogP contribution < -0.4 is 10.1 Å². The zero-order valence-electron chi connectivity index (χ0n) is 12.9. The summed E-state index contributed by atoms with van der Waals surface area (Å²) in [5.41, 5.74) is 1.05. The highest BCUT2D eigenvalue weighted by molar-refractivity contribution is 5.28. The first kappa shape index (κ1) is 16.8. The molecule has 24 heavy (non-hydrogen) atoms. The summed E-state index contributed by atoms with van der Waals surface area (Å²) >= 11 is 0. The standard InChI is InChI=1S/C16H18F3N3O2/c17-16(18,19)11-1-3-13(4-2-11)23-7-5-12-9-14(22-21-12)15-10-20-6-8-24-15/h1-4,9,15,20H,5-8,10H2,(H,21,22)/t15-/m0/s1. The van der Waals surface area contributed by atoms with Crippen LogP contribution in [-0.4, -0.2) is 36.5 Å². The van der Waals surface area contributed by atoms with Gasteiger partial charge in [0.2, 0.25) is 0 Å². The van der Waals surface area contributed by atoms with E-state index in [-0.39, 0.29) is 6.10 Å². The number of alkyl halides is 3. The lowest BCUT2D eigenvalue weighted by Crippen LogP contribution is -2.33. The number of halogens is 3. The minimum absolute atomic E-state index is 0.0559. The SMILES string of the molecule is FC(F)(F)c1ccc(OCCc2cc([C@@H]3CNCCO3)n[nH]2)cc1. The molecule has 1 aliphatic rings. The first-order valence-corrected chi connectivity index (χ1v) is 7.69. The molecule has 2 N–H and O–H groups in total. The summed E-state index contributed by atoms with van der Waals surface area (Å²) in [5, 5.41) is 10.4. The second kappa shape index (κ2) is 7.23. The van der Waals surface area contributed by atoms with Crippen LogP contribution in [0.15, 0.2) is 30.3 Å². The Morgan fingerprint density at radius 1 is 1.25 bits per heavy atom. The molecular weight excluding hydrogens is 323 g/mol. The number of H-pyrrole nitrogens is 1.